The molecule has 1 heterocycles. The van der Waals surface area contributed by atoms with E-state index in [0.29, 0.717) is 26.9 Å². The van der Waals surface area contributed by atoms with Crippen LogP contribution in [0.25, 0.3) is 6.08 Å². The molecule has 3 rings (SSSR count). The SMILES string of the molecule is COc1cc(C=C2N=C(c3ccc(Cl)c(Cl)c3)OC2=O)ccc1OC(C)=O. The predicted octanol–water partition coefficient (Wildman–Crippen LogP) is 4.27. The molecular formula is C19H13Cl2NO5. The zero-order chi connectivity index (χ0) is 19.6. The summed E-state index contributed by atoms with van der Waals surface area (Å²) in [5, 5.41) is 0.720. The van der Waals surface area contributed by atoms with Crippen molar-refractivity contribution in [3.05, 3.63) is 63.3 Å². The monoisotopic (exact) mass is 405 g/mol. The van der Waals surface area contributed by atoms with Crippen LogP contribution in [-0.2, 0) is 14.3 Å². The van der Waals surface area contributed by atoms with Gasteiger partial charge in [-0.3, -0.25) is 4.79 Å². The molecule has 0 spiro atoms. The molecule has 27 heavy (non-hydrogen) atoms. The van der Waals surface area contributed by atoms with Crippen molar-refractivity contribution in [3.63, 3.8) is 0 Å². The Morgan fingerprint density at radius 2 is 1.89 bits per heavy atom. The van der Waals surface area contributed by atoms with Crippen LogP contribution < -0.4 is 9.47 Å². The van der Waals surface area contributed by atoms with E-state index in [4.69, 9.17) is 37.4 Å². The number of hydrogen-bond donors (Lipinski definition) is 0. The summed E-state index contributed by atoms with van der Waals surface area (Å²) in [6.45, 7) is 1.29. The molecule has 0 atom stereocenters. The minimum Gasteiger partial charge on any atom is -0.493 e. The lowest BCUT2D eigenvalue weighted by Gasteiger charge is -2.08. The van der Waals surface area contributed by atoms with E-state index < -0.39 is 11.9 Å². The molecule has 2 aromatic rings. The molecule has 0 N–H and O–H groups in total. The van der Waals surface area contributed by atoms with Gasteiger partial charge in [0.25, 0.3) is 0 Å². The molecule has 6 nitrogen and oxygen atoms in total. The van der Waals surface area contributed by atoms with Gasteiger partial charge in [-0.05, 0) is 42.0 Å². The van der Waals surface area contributed by atoms with Crippen LogP contribution in [-0.4, -0.2) is 24.9 Å². The van der Waals surface area contributed by atoms with E-state index in [1.165, 1.54) is 20.1 Å². The van der Waals surface area contributed by atoms with Crippen molar-refractivity contribution < 1.29 is 23.8 Å². The van der Waals surface area contributed by atoms with Crippen LogP contribution in [0.1, 0.15) is 18.1 Å². The van der Waals surface area contributed by atoms with E-state index in [2.05, 4.69) is 4.99 Å². The van der Waals surface area contributed by atoms with Crippen LogP contribution in [0, 0.1) is 0 Å². The second-order valence-electron chi connectivity index (χ2n) is 5.47. The number of methoxy groups -OCH3 is 1. The summed E-state index contributed by atoms with van der Waals surface area (Å²) in [4.78, 5) is 27.4. The van der Waals surface area contributed by atoms with Gasteiger partial charge in [-0.25, -0.2) is 9.79 Å². The van der Waals surface area contributed by atoms with Crippen LogP contribution in [0.3, 0.4) is 0 Å². The van der Waals surface area contributed by atoms with E-state index >= 15 is 0 Å². The van der Waals surface area contributed by atoms with Gasteiger partial charge in [-0.2, -0.15) is 0 Å². The van der Waals surface area contributed by atoms with Gasteiger partial charge in [0.05, 0.1) is 17.2 Å². The first-order chi connectivity index (χ1) is 12.9. The quantitative estimate of drug-likeness (QED) is 0.431. The lowest BCUT2D eigenvalue weighted by atomic mass is 10.1. The third-order valence-electron chi connectivity index (χ3n) is 3.53. The maximum absolute atomic E-state index is 12.1. The topological polar surface area (TPSA) is 74.2 Å². The summed E-state index contributed by atoms with van der Waals surface area (Å²) < 4.78 is 15.5. The standard InChI is InChI=1S/C19H13Cl2NO5/c1-10(23)26-16-6-3-11(8-17(16)25-2)7-15-19(24)27-18(22-15)12-4-5-13(20)14(21)9-12/h3-9H,1-2H3. The van der Waals surface area contributed by atoms with Crippen LogP contribution in [0.5, 0.6) is 11.5 Å². The highest BCUT2D eigenvalue weighted by Gasteiger charge is 2.24. The number of ether oxygens (including phenoxy) is 3. The zero-order valence-electron chi connectivity index (χ0n) is 14.3. The fraction of sp³-hybridized carbons (Fsp3) is 0.105. The van der Waals surface area contributed by atoms with Crippen molar-refractivity contribution in [1.29, 1.82) is 0 Å². The van der Waals surface area contributed by atoms with E-state index in [-0.39, 0.29) is 17.3 Å². The molecule has 0 fully saturated rings. The van der Waals surface area contributed by atoms with Gasteiger partial charge in [0.2, 0.25) is 5.90 Å². The lowest BCUT2D eigenvalue weighted by molar-refractivity contribution is -0.132. The lowest BCUT2D eigenvalue weighted by Crippen LogP contribution is -2.05. The number of rotatable bonds is 4. The number of benzene rings is 2. The molecule has 0 saturated heterocycles. The Balaban J connectivity index is 1.92. The first-order valence-electron chi connectivity index (χ1n) is 7.72. The Bertz CT molecular complexity index is 998. The third-order valence-corrected chi connectivity index (χ3v) is 4.27. The molecule has 0 radical (unpaired) electrons. The molecule has 0 amide bonds. The highest BCUT2D eigenvalue weighted by molar-refractivity contribution is 6.42. The van der Waals surface area contributed by atoms with Gasteiger partial charge in [0.1, 0.15) is 0 Å². The fourth-order valence-electron chi connectivity index (χ4n) is 2.33. The van der Waals surface area contributed by atoms with Crippen molar-refractivity contribution in [2.24, 2.45) is 4.99 Å². The van der Waals surface area contributed by atoms with Crippen LogP contribution >= 0.6 is 23.2 Å². The maximum Gasteiger partial charge on any atom is 0.363 e. The summed E-state index contributed by atoms with van der Waals surface area (Å²) in [5.41, 5.74) is 1.26. The van der Waals surface area contributed by atoms with Crippen molar-refractivity contribution in [1.82, 2.24) is 0 Å². The molecule has 0 bridgehead atoms. The zero-order valence-corrected chi connectivity index (χ0v) is 15.8. The van der Waals surface area contributed by atoms with Crippen LogP contribution in [0.15, 0.2) is 47.1 Å². The third kappa shape index (κ3) is 4.30. The molecule has 0 unspecified atom stereocenters. The van der Waals surface area contributed by atoms with Gasteiger partial charge in [0.15, 0.2) is 17.2 Å². The number of carbonyl (C=O) groups excluding carboxylic acids is 2. The minimum absolute atomic E-state index is 0.110. The second kappa shape index (κ2) is 7.82. The number of halogens is 2. The van der Waals surface area contributed by atoms with Gasteiger partial charge in [-0.1, -0.05) is 29.3 Å². The molecular weight excluding hydrogens is 393 g/mol. The number of aliphatic imine (C=N–C) groups is 1. The Morgan fingerprint density at radius 3 is 2.56 bits per heavy atom. The molecule has 138 valence electrons. The molecule has 8 heteroatoms. The Hall–Kier alpha value is -2.83. The second-order valence-corrected chi connectivity index (χ2v) is 6.28. The molecule has 0 aromatic heterocycles. The molecule has 2 aromatic carbocycles. The average molecular weight is 406 g/mol. The Morgan fingerprint density at radius 1 is 1.11 bits per heavy atom. The first kappa shape index (κ1) is 18.9. The van der Waals surface area contributed by atoms with Gasteiger partial charge >= 0.3 is 11.9 Å². The number of hydrogen-bond acceptors (Lipinski definition) is 6. The normalized spacial score (nSPS) is 14.7. The van der Waals surface area contributed by atoms with Crippen molar-refractivity contribution in [2.75, 3.05) is 7.11 Å². The first-order valence-corrected chi connectivity index (χ1v) is 8.47. The molecule has 0 saturated carbocycles. The van der Waals surface area contributed by atoms with E-state index in [9.17, 15) is 9.59 Å². The minimum atomic E-state index is -0.598. The van der Waals surface area contributed by atoms with Gasteiger partial charge < -0.3 is 14.2 Å². The summed E-state index contributed by atoms with van der Waals surface area (Å²) in [6, 6.07) is 9.65. The predicted molar refractivity (Wildman–Crippen MR) is 101 cm³/mol. The van der Waals surface area contributed by atoms with E-state index in [1.54, 1.807) is 36.4 Å². The van der Waals surface area contributed by atoms with Crippen molar-refractivity contribution in [2.45, 2.75) is 6.92 Å². The Labute approximate surface area is 165 Å². The van der Waals surface area contributed by atoms with E-state index in [0.717, 1.165) is 0 Å². The fourth-order valence-corrected chi connectivity index (χ4v) is 2.63. The maximum atomic E-state index is 12.1. The summed E-state index contributed by atoms with van der Waals surface area (Å²) >= 11 is 11.9. The largest absolute Gasteiger partial charge is 0.493 e. The smallest absolute Gasteiger partial charge is 0.363 e. The highest BCUT2D eigenvalue weighted by atomic mass is 35.5. The summed E-state index contributed by atoms with van der Waals surface area (Å²) in [5.74, 6) is -0.303. The number of carbonyl (C=O) groups is 2. The number of cyclic esters (lactones) is 1. The molecule has 0 aliphatic carbocycles. The average Bonchev–Trinajstić information content (AvgIpc) is 2.99. The Kier molecular flexibility index (Phi) is 5.48. The summed E-state index contributed by atoms with van der Waals surface area (Å²) in [7, 11) is 1.45. The van der Waals surface area contributed by atoms with Crippen LogP contribution in [0.2, 0.25) is 10.0 Å². The van der Waals surface area contributed by atoms with E-state index in [1.807, 2.05) is 0 Å². The summed E-state index contributed by atoms with van der Waals surface area (Å²) in [6.07, 6.45) is 1.53. The van der Waals surface area contributed by atoms with Gasteiger partial charge in [0, 0.05) is 12.5 Å². The van der Waals surface area contributed by atoms with Crippen molar-refractivity contribution >= 4 is 47.1 Å². The van der Waals surface area contributed by atoms with Gasteiger partial charge in [-0.15, -0.1) is 0 Å². The highest BCUT2D eigenvalue weighted by Crippen LogP contribution is 2.30. The molecule has 1 aliphatic heterocycles. The number of esters is 2. The number of nitrogens with zero attached hydrogens (tertiary/aromatic N) is 1. The van der Waals surface area contributed by atoms with Crippen molar-refractivity contribution in [3.8, 4) is 11.5 Å². The molecule has 1 aliphatic rings. The van der Waals surface area contributed by atoms with Crippen LogP contribution in [0.4, 0.5) is 0 Å².